The molecule has 4 N–H and O–H groups in total. The van der Waals surface area contributed by atoms with Crippen LogP contribution < -0.4 is 16.0 Å². The third-order valence-electron chi connectivity index (χ3n) is 9.06. The maximum atomic E-state index is 13.8. The molecule has 3 heterocycles. The first kappa shape index (κ1) is 41.7. The number of carbonyl (C=O) groups is 3. The number of likely N-dealkylation sites (tertiary alicyclic amines) is 1. The lowest BCUT2D eigenvalue weighted by atomic mass is 9.85. The number of benzene rings is 1. The van der Waals surface area contributed by atoms with Crippen LogP contribution in [-0.2, 0) is 39.9 Å². The van der Waals surface area contributed by atoms with Crippen molar-refractivity contribution in [2.24, 2.45) is 5.41 Å². The lowest BCUT2D eigenvalue weighted by molar-refractivity contribution is -0.144. The Morgan fingerprint density at radius 3 is 2.17 bits per heavy atom. The van der Waals surface area contributed by atoms with Gasteiger partial charge in [-0.05, 0) is 23.5 Å². The third-order valence-corrected chi connectivity index (χ3v) is 10.0. The highest BCUT2D eigenvalue weighted by atomic mass is 32.1. The first-order valence-corrected chi connectivity index (χ1v) is 19.2. The van der Waals surface area contributed by atoms with E-state index in [0.717, 1.165) is 54.4 Å². The average Bonchev–Trinajstić information content (AvgIpc) is 3.74. The maximum Gasteiger partial charge on any atom is 0.246 e. The van der Waals surface area contributed by atoms with Crippen molar-refractivity contribution >= 4 is 29.1 Å². The van der Waals surface area contributed by atoms with E-state index in [1.165, 1.54) is 4.90 Å². The predicted molar refractivity (Wildman–Crippen MR) is 199 cm³/mol. The Morgan fingerprint density at radius 1 is 0.962 bits per heavy atom. The van der Waals surface area contributed by atoms with E-state index in [-0.39, 0.29) is 44.4 Å². The van der Waals surface area contributed by atoms with Crippen LogP contribution in [0.5, 0.6) is 0 Å². The zero-order valence-corrected chi connectivity index (χ0v) is 32.0. The second kappa shape index (κ2) is 21.6. The Bertz CT molecular complexity index is 1380. The molecule has 15 heteroatoms. The summed E-state index contributed by atoms with van der Waals surface area (Å²) in [4.78, 5) is 49.2. The Morgan fingerprint density at radius 2 is 1.58 bits per heavy atom. The van der Waals surface area contributed by atoms with Crippen molar-refractivity contribution in [3.8, 4) is 10.4 Å². The van der Waals surface area contributed by atoms with Crippen LogP contribution in [0.2, 0.25) is 0 Å². The van der Waals surface area contributed by atoms with Gasteiger partial charge in [-0.1, -0.05) is 45.0 Å². The van der Waals surface area contributed by atoms with E-state index >= 15 is 0 Å². The molecule has 14 nitrogen and oxygen atoms in total. The number of rotatable bonds is 21. The molecule has 1 aromatic carbocycles. The number of amides is 3. The Balaban J connectivity index is 1.10. The number of ether oxygens (including phenoxy) is 4. The zero-order valence-electron chi connectivity index (χ0n) is 31.2. The molecule has 0 radical (unpaired) electrons. The molecule has 0 saturated carbocycles. The SMILES string of the molecule is Cc1ncsc1-c1ccc(CNC(=O)[C@@H]2C[C@@H](O)CN2C(=O)[C@@H](NC(=O)CCOCCOCCOCCOCCN2CCNCC2)C(C)(C)C)cc1. The van der Waals surface area contributed by atoms with Crippen LogP contribution in [0.1, 0.15) is 44.9 Å². The largest absolute Gasteiger partial charge is 0.391 e. The maximum absolute atomic E-state index is 13.8. The normalized spacial score (nSPS) is 18.8. The fourth-order valence-corrected chi connectivity index (χ4v) is 6.88. The molecule has 2 aliphatic heterocycles. The summed E-state index contributed by atoms with van der Waals surface area (Å²) in [5.41, 5.74) is 4.12. The van der Waals surface area contributed by atoms with Crippen LogP contribution in [0, 0.1) is 12.3 Å². The molecule has 52 heavy (non-hydrogen) atoms. The number of β-amino-alcohol motifs (C(OH)–C–C–N with tert-alkyl or cyclic N) is 1. The molecule has 3 atom stereocenters. The standard InChI is InChI=1S/C37H58N6O8S/c1-27-33(52-26-40-27)29-7-5-28(6-8-29)24-39-35(46)31-23-30(44)25-43(31)36(47)34(37(2,3)4)41-32(45)9-15-48-17-19-50-21-22-51-20-18-49-16-14-42-12-10-38-11-13-42/h5-8,26,30-31,34,38,44H,9-25H2,1-4H3,(H,39,46)(H,41,45)/t30-,31+,34-/m1/s1. The molecule has 2 aromatic rings. The van der Waals surface area contributed by atoms with Crippen LogP contribution in [0.4, 0.5) is 0 Å². The van der Waals surface area contributed by atoms with Crippen LogP contribution in [0.25, 0.3) is 10.4 Å². The van der Waals surface area contributed by atoms with Crippen LogP contribution in [0.3, 0.4) is 0 Å². The summed E-state index contributed by atoms with van der Waals surface area (Å²) in [7, 11) is 0. The van der Waals surface area contributed by atoms with Crippen LogP contribution in [0.15, 0.2) is 29.8 Å². The summed E-state index contributed by atoms with van der Waals surface area (Å²) < 4.78 is 22.3. The van der Waals surface area contributed by atoms with Crippen LogP contribution >= 0.6 is 11.3 Å². The number of aliphatic hydroxyl groups is 1. The number of piperazine rings is 1. The average molecular weight is 747 g/mol. The Kier molecular flexibility index (Phi) is 17.4. The fourth-order valence-electron chi connectivity index (χ4n) is 6.07. The van der Waals surface area contributed by atoms with Crippen molar-refractivity contribution in [1.82, 2.24) is 30.7 Å². The van der Waals surface area contributed by atoms with Crippen LogP contribution in [-0.4, -0.2) is 148 Å². The summed E-state index contributed by atoms with van der Waals surface area (Å²) in [5.74, 6) is -1.09. The van der Waals surface area contributed by atoms with Gasteiger partial charge in [0.25, 0.3) is 0 Å². The third kappa shape index (κ3) is 13.8. The minimum absolute atomic E-state index is 0.0152. The first-order valence-electron chi connectivity index (χ1n) is 18.3. The Hall–Kier alpha value is -3.02. The summed E-state index contributed by atoms with van der Waals surface area (Å²) >= 11 is 1.58. The molecular formula is C37H58N6O8S. The highest BCUT2D eigenvalue weighted by Crippen LogP contribution is 2.28. The van der Waals surface area contributed by atoms with Gasteiger partial charge in [0, 0.05) is 58.7 Å². The highest BCUT2D eigenvalue weighted by molar-refractivity contribution is 7.13. The number of nitrogens with one attached hydrogen (secondary N) is 3. The van der Waals surface area contributed by atoms with Gasteiger partial charge in [-0.15, -0.1) is 11.3 Å². The van der Waals surface area contributed by atoms with Crippen molar-refractivity contribution in [2.75, 3.05) is 92.1 Å². The topological polar surface area (TPSA) is 164 Å². The smallest absolute Gasteiger partial charge is 0.246 e. The van der Waals surface area contributed by atoms with E-state index < -0.39 is 29.5 Å². The van der Waals surface area contributed by atoms with Gasteiger partial charge in [-0.3, -0.25) is 19.3 Å². The number of aromatic nitrogens is 1. The number of hydrogen-bond acceptors (Lipinski definition) is 12. The zero-order chi connectivity index (χ0) is 37.3. The monoisotopic (exact) mass is 746 g/mol. The minimum atomic E-state index is -0.899. The van der Waals surface area contributed by atoms with E-state index in [0.29, 0.717) is 46.2 Å². The van der Waals surface area contributed by atoms with E-state index in [2.05, 4.69) is 25.8 Å². The molecule has 2 aliphatic rings. The molecule has 4 rings (SSSR count). The van der Waals surface area contributed by atoms with Crippen molar-refractivity contribution < 1.29 is 38.4 Å². The van der Waals surface area contributed by atoms with E-state index in [1.54, 1.807) is 11.3 Å². The summed E-state index contributed by atoms with van der Waals surface area (Å²) in [6.07, 6.45) is -0.655. The van der Waals surface area contributed by atoms with Gasteiger partial charge in [0.15, 0.2) is 0 Å². The first-order chi connectivity index (χ1) is 25.0. The van der Waals surface area contributed by atoms with Gasteiger partial charge in [0.1, 0.15) is 12.1 Å². The van der Waals surface area contributed by atoms with Gasteiger partial charge >= 0.3 is 0 Å². The van der Waals surface area contributed by atoms with E-state index in [9.17, 15) is 19.5 Å². The van der Waals surface area contributed by atoms with Gasteiger partial charge in [0.2, 0.25) is 17.7 Å². The van der Waals surface area contributed by atoms with Gasteiger partial charge < -0.3 is 44.9 Å². The van der Waals surface area contributed by atoms with E-state index in [4.69, 9.17) is 18.9 Å². The summed E-state index contributed by atoms with van der Waals surface area (Å²) in [5, 5.41) is 19.6. The van der Waals surface area contributed by atoms with Gasteiger partial charge in [-0.25, -0.2) is 4.98 Å². The molecule has 2 saturated heterocycles. The lowest BCUT2D eigenvalue weighted by Gasteiger charge is -2.35. The predicted octanol–water partition coefficient (Wildman–Crippen LogP) is 1.59. The second-order valence-electron chi connectivity index (χ2n) is 14.2. The second-order valence-corrected chi connectivity index (χ2v) is 15.1. The number of nitrogens with zero attached hydrogens (tertiary/aromatic N) is 3. The van der Waals surface area contributed by atoms with Crippen molar-refractivity contribution in [3.63, 3.8) is 0 Å². The lowest BCUT2D eigenvalue weighted by Crippen LogP contribution is -2.57. The minimum Gasteiger partial charge on any atom is -0.391 e. The molecule has 0 unspecified atom stereocenters. The van der Waals surface area contributed by atoms with Crippen molar-refractivity contribution in [1.29, 1.82) is 0 Å². The van der Waals surface area contributed by atoms with Gasteiger partial charge in [0.05, 0.1) is 75.0 Å². The van der Waals surface area contributed by atoms with Gasteiger partial charge in [-0.2, -0.15) is 0 Å². The summed E-state index contributed by atoms with van der Waals surface area (Å²) in [6.45, 7) is 16.5. The number of aliphatic hydroxyl groups excluding tert-OH is 1. The fraction of sp³-hybridized carbons (Fsp3) is 0.676. The Labute approximate surface area is 311 Å². The van der Waals surface area contributed by atoms with Crippen molar-refractivity contribution in [3.05, 3.63) is 41.0 Å². The van der Waals surface area contributed by atoms with E-state index in [1.807, 2.05) is 57.5 Å². The van der Waals surface area contributed by atoms with Crippen molar-refractivity contribution in [2.45, 2.75) is 65.3 Å². The molecule has 1 aromatic heterocycles. The molecule has 3 amide bonds. The molecular weight excluding hydrogens is 689 g/mol. The molecule has 0 spiro atoms. The molecule has 0 bridgehead atoms. The summed E-state index contributed by atoms with van der Waals surface area (Å²) in [6, 6.07) is 6.15. The number of carbonyl (C=O) groups excluding carboxylic acids is 3. The number of aryl methyl sites for hydroxylation is 1. The molecule has 2 fully saturated rings. The molecule has 0 aliphatic carbocycles. The number of thiazole rings is 1. The number of hydrogen-bond donors (Lipinski definition) is 4. The quantitative estimate of drug-likeness (QED) is 0.137. The molecule has 290 valence electrons. The highest BCUT2D eigenvalue weighted by Gasteiger charge is 2.44.